The number of aryl methyl sites for hydroxylation is 1. The monoisotopic (exact) mass is 251 g/mol. The standard InChI is InChI=1S/C13H21N3S/c1-9-10(14)7-8-13(15-9)16-11-5-3-4-6-12(11)17-2/h7-8,11-12H,3-6,14H2,1-2H3,(H,15,16). The van der Waals surface area contributed by atoms with Gasteiger partial charge in [-0.2, -0.15) is 11.8 Å². The molecule has 0 aliphatic heterocycles. The van der Waals surface area contributed by atoms with E-state index in [9.17, 15) is 0 Å². The number of pyridine rings is 1. The molecule has 17 heavy (non-hydrogen) atoms. The highest BCUT2D eigenvalue weighted by molar-refractivity contribution is 7.99. The molecule has 4 heteroatoms. The Kier molecular flexibility index (Phi) is 4.15. The lowest BCUT2D eigenvalue weighted by atomic mass is 9.95. The maximum Gasteiger partial charge on any atom is 0.126 e. The largest absolute Gasteiger partial charge is 0.397 e. The molecule has 1 saturated carbocycles. The van der Waals surface area contributed by atoms with Crippen molar-refractivity contribution >= 4 is 23.3 Å². The normalized spacial score (nSPS) is 24.6. The van der Waals surface area contributed by atoms with Crippen molar-refractivity contribution in [2.24, 2.45) is 0 Å². The number of aromatic nitrogens is 1. The Balaban J connectivity index is 2.05. The van der Waals surface area contributed by atoms with E-state index in [1.165, 1.54) is 25.7 Å². The number of nitrogen functional groups attached to an aromatic ring is 1. The first kappa shape index (κ1) is 12.6. The average Bonchev–Trinajstić information content (AvgIpc) is 2.34. The van der Waals surface area contributed by atoms with Crippen LogP contribution in [0.1, 0.15) is 31.4 Å². The maximum atomic E-state index is 5.78. The number of nitrogens with two attached hydrogens (primary N) is 1. The van der Waals surface area contributed by atoms with Gasteiger partial charge in [0.2, 0.25) is 0 Å². The summed E-state index contributed by atoms with van der Waals surface area (Å²) in [6.07, 6.45) is 7.44. The molecule has 2 unspecified atom stereocenters. The van der Waals surface area contributed by atoms with E-state index in [2.05, 4.69) is 16.6 Å². The van der Waals surface area contributed by atoms with E-state index in [1.54, 1.807) is 0 Å². The molecule has 1 aliphatic rings. The first-order chi connectivity index (χ1) is 8.20. The van der Waals surface area contributed by atoms with Gasteiger partial charge < -0.3 is 11.1 Å². The predicted octanol–water partition coefficient (Wildman–Crippen LogP) is 3.06. The lowest BCUT2D eigenvalue weighted by molar-refractivity contribution is 0.474. The van der Waals surface area contributed by atoms with Crippen molar-refractivity contribution in [1.82, 2.24) is 4.98 Å². The maximum absolute atomic E-state index is 5.78. The summed E-state index contributed by atoms with van der Waals surface area (Å²) >= 11 is 1.97. The molecule has 1 fully saturated rings. The summed E-state index contributed by atoms with van der Waals surface area (Å²) in [4.78, 5) is 4.49. The number of hydrogen-bond donors (Lipinski definition) is 2. The Morgan fingerprint density at radius 2 is 2.12 bits per heavy atom. The molecule has 0 saturated heterocycles. The second kappa shape index (κ2) is 5.63. The highest BCUT2D eigenvalue weighted by atomic mass is 32.2. The van der Waals surface area contributed by atoms with Gasteiger partial charge in [-0.05, 0) is 38.2 Å². The van der Waals surface area contributed by atoms with Crippen molar-refractivity contribution in [2.75, 3.05) is 17.3 Å². The molecular weight excluding hydrogens is 230 g/mol. The van der Waals surface area contributed by atoms with Gasteiger partial charge in [-0.15, -0.1) is 0 Å². The van der Waals surface area contributed by atoms with Gasteiger partial charge in [-0.3, -0.25) is 0 Å². The van der Waals surface area contributed by atoms with Gasteiger partial charge in [-0.25, -0.2) is 4.98 Å². The zero-order valence-corrected chi connectivity index (χ0v) is 11.4. The molecule has 1 aromatic rings. The van der Waals surface area contributed by atoms with Crippen LogP contribution in [0.3, 0.4) is 0 Å². The molecule has 0 amide bonds. The lowest BCUT2D eigenvalue weighted by Gasteiger charge is -2.31. The summed E-state index contributed by atoms with van der Waals surface area (Å²) in [5.74, 6) is 0.961. The van der Waals surface area contributed by atoms with Crippen molar-refractivity contribution in [3.8, 4) is 0 Å². The Labute approximate surface area is 108 Å². The molecule has 3 nitrogen and oxygen atoms in total. The molecular formula is C13H21N3S. The van der Waals surface area contributed by atoms with E-state index in [0.717, 1.165) is 17.2 Å². The SMILES string of the molecule is CSC1CCCCC1Nc1ccc(N)c(C)n1. The molecule has 94 valence electrons. The fourth-order valence-electron chi connectivity index (χ4n) is 2.39. The topological polar surface area (TPSA) is 50.9 Å². The quantitative estimate of drug-likeness (QED) is 0.867. The van der Waals surface area contributed by atoms with Crippen LogP contribution in [0.2, 0.25) is 0 Å². The molecule has 2 rings (SSSR count). The summed E-state index contributed by atoms with van der Waals surface area (Å²) in [7, 11) is 0. The summed E-state index contributed by atoms with van der Waals surface area (Å²) in [5.41, 5.74) is 7.45. The average molecular weight is 251 g/mol. The summed E-state index contributed by atoms with van der Waals surface area (Å²) < 4.78 is 0. The summed E-state index contributed by atoms with van der Waals surface area (Å²) in [5, 5.41) is 4.27. The number of rotatable bonds is 3. The van der Waals surface area contributed by atoms with Crippen molar-refractivity contribution < 1.29 is 0 Å². The van der Waals surface area contributed by atoms with Crippen LogP contribution in [0.5, 0.6) is 0 Å². The molecule has 1 heterocycles. The molecule has 1 aliphatic carbocycles. The Morgan fingerprint density at radius 1 is 1.35 bits per heavy atom. The highest BCUT2D eigenvalue weighted by Crippen LogP contribution is 2.29. The number of nitrogens with one attached hydrogen (secondary N) is 1. The minimum atomic E-state index is 0.550. The molecule has 0 spiro atoms. The Bertz CT molecular complexity index is 381. The smallest absolute Gasteiger partial charge is 0.126 e. The number of thioether (sulfide) groups is 1. The van der Waals surface area contributed by atoms with Crippen LogP contribution in [-0.2, 0) is 0 Å². The van der Waals surface area contributed by atoms with Gasteiger partial charge in [0.25, 0.3) is 0 Å². The molecule has 0 bridgehead atoms. The third-order valence-electron chi connectivity index (χ3n) is 3.47. The highest BCUT2D eigenvalue weighted by Gasteiger charge is 2.24. The van der Waals surface area contributed by atoms with Crippen molar-refractivity contribution in [3.63, 3.8) is 0 Å². The molecule has 0 radical (unpaired) electrons. The fraction of sp³-hybridized carbons (Fsp3) is 0.615. The van der Waals surface area contributed by atoms with Crippen LogP contribution in [0, 0.1) is 6.92 Å². The van der Waals surface area contributed by atoms with Crippen molar-refractivity contribution in [1.29, 1.82) is 0 Å². The summed E-state index contributed by atoms with van der Waals surface area (Å²) in [6.45, 7) is 1.95. The minimum absolute atomic E-state index is 0.550. The first-order valence-electron chi connectivity index (χ1n) is 6.23. The molecule has 1 aromatic heterocycles. The lowest BCUT2D eigenvalue weighted by Crippen LogP contribution is -2.34. The van der Waals surface area contributed by atoms with Gasteiger partial charge in [0.1, 0.15) is 5.82 Å². The van der Waals surface area contributed by atoms with E-state index < -0.39 is 0 Å². The van der Waals surface area contributed by atoms with E-state index in [-0.39, 0.29) is 0 Å². The molecule has 2 atom stereocenters. The third kappa shape index (κ3) is 3.06. The van der Waals surface area contributed by atoms with E-state index in [0.29, 0.717) is 11.3 Å². The number of hydrogen-bond acceptors (Lipinski definition) is 4. The van der Waals surface area contributed by atoms with Gasteiger partial charge in [0.05, 0.1) is 11.4 Å². The van der Waals surface area contributed by atoms with Crippen LogP contribution in [0.15, 0.2) is 12.1 Å². The third-order valence-corrected chi connectivity index (χ3v) is 4.64. The first-order valence-corrected chi connectivity index (χ1v) is 7.52. The van der Waals surface area contributed by atoms with E-state index in [1.807, 2.05) is 30.8 Å². The zero-order valence-electron chi connectivity index (χ0n) is 10.6. The predicted molar refractivity (Wildman–Crippen MR) is 76.6 cm³/mol. The van der Waals surface area contributed by atoms with Crippen molar-refractivity contribution in [2.45, 2.75) is 43.9 Å². The van der Waals surface area contributed by atoms with Crippen LogP contribution in [-0.4, -0.2) is 22.5 Å². The van der Waals surface area contributed by atoms with Crippen LogP contribution in [0.25, 0.3) is 0 Å². The molecule has 3 N–H and O–H groups in total. The van der Waals surface area contributed by atoms with Gasteiger partial charge in [-0.1, -0.05) is 12.8 Å². The Hall–Kier alpha value is -0.900. The fourth-order valence-corrected chi connectivity index (χ4v) is 3.32. The summed E-state index contributed by atoms with van der Waals surface area (Å²) in [6, 6.07) is 4.46. The van der Waals surface area contributed by atoms with Crippen LogP contribution in [0.4, 0.5) is 11.5 Å². The van der Waals surface area contributed by atoms with Crippen LogP contribution >= 0.6 is 11.8 Å². The van der Waals surface area contributed by atoms with Gasteiger partial charge in [0.15, 0.2) is 0 Å². The minimum Gasteiger partial charge on any atom is -0.397 e. The van der Waals surface area contributed by atoms with Gasteiger partial charge >= 0.3 is 0 Å². The Morgan fingerprint density at radius 3 is 2.82 bits per heavy atom. The van der Waals surface area contributed by atoms with E-state index in [4.69, 9.17) is 5.73 Å². The second-order valence-electron chi connectivity index (χ2n) is 4.68. The van der Waals surface area contributed by atoms with E-state index >= 15 is 0 Å². The second-order valence-corrected chi connectivity index (χ2v) is 5.76. The molecule has 0 aromatic carbocycles. The number of nitrogens with zero attached hydrogens (tertiary/aromatic N) is 1. The van der Waals surface area contributed by atoms with Gasteiger partial charge in [0, 0.05) is 11.3 Å². The van der Waals surface area contributed by atoms with Crippen LogP contribution < -0.4 is 11.1 Å². The zero-order chi connectivity index (χ0) is 12.3. The number of anilines is 2. The van der Waals surface area contributed by atoms with Crippen molar-refractivity contribution in [3.05, 3.63) is 17.8 Å².